The molecule has 0 saturated carbocycles. The molecular formula is C19H13N3O3S. The third kappa shape index (κ3) is 3.07. The number of carbonyl (C=O) groups excluding carboxylic acids is 2. The Labute approximate surface area is 152 Å². The third-order valence-corrected chi connectivity index (χ3v) is 4.71. The summed E-state index contributed by atoms with van der Waals surface area (Å²) in [5.74, 6) is 0.996. The van der Waals surface area contributed by atoms with Crippen LogP contribution in [0.1, 0.15) is 15.2 Å². The molecule has 0 saturated heterocycles. The summed E-state index contributed by atoms with van der Waals surface area (Å²) in [7, 11) is 0. The highest BCUT2D eigenvalue weighted by atomic mass is 32.1. The number of benzene rings is 2. The van der Waals surface area contributed by atoms with Crippen LogP contribution < -0.4 is 10.5 Å². The monoisotopic (exact) mass is 363 g/mol. The number of imidazole rings is 1. The Kier molecular flexibility index (Phi) is 3.98. The predicted octanol–water partition coefficient (Wildman–Crippen LogP) is 3.98. The molecule has 26 heavy (non-hydrogen) atoms. The largest absolute Gasteiger partial charge is 0.410 e. The fourth-order valence-corrected chi connectivity index (χ4v) is 3.32. The van der Waals surface area contributed by atoms with Crippen LogP contribution in [0, 0.1) is 0 Å². The highest BCUT2D eigenvalue weighted by Gasteiger charge is 2.12. The molecule has 1 amide bonds. The number of nitrogens with two attached hydrogens (primary N) is 1. The van der Waals surface area contributed by atoms with Crippen molar-refractivity contribution in [1.82, 2.24) is 9.97 Å². The SMILES string of the molecule is NC(=O)Oc1ccc2[nH]c(-c3ccc(C(=O)c4cccs4)cc3)nc2c1. The van der Waals surface area contributed by atoms with Gasteiger partial charge in [0.15, 0.2) is 0 Å². The molecule has 0 radical (unpaired) electrons. The van der Waals surface area contributed by atoms with Gasteiger partial charge in [0, 0.05) is 17.2 Å². The summed E-state index contributed by atoms with van der Waals surface area (Å²) in [5.41, 5.74) is 7.95. The van der Waals surface area contributed by atoms with Crippen LogP contribution in [-0.4, -0.2) is 21.8 Å². The lowest BCUT2D eigenvalue weighted by atomic mass is 10.1. The highest BCUT2D eigenvalue weighted by Crippen LogP contribution is 2.25. The van der Waals surface area contributed by atoms with Crippen LogP contribution in [0.4, 0.5) is 4.79 Å². The van der Waals surface area contributed by atoms with Gasteiger partial charge >= 0.3 is 6.09 Å². The molecule has 0 aliphatic rings. The topological polar surface area (TPSA) is 98.1 Å². The molecule has 0 fully saturated rings. The molecule has 0 unspecified atom stereocenters. The van der Waals surface area contributed by atoms with Crippen molar-refractivity contribution in [1.29, 1.82) is 0 Å². The number of amides is 1. The smallest absolute Gasteiger partial charge is 0.409 e. The van der Waals surface area contributed by atoms with E-state index >= 15 is 0 Å². The first kappa shape index (κ1) is 16.0. The fraction of sp³-hybridized carbons (Fsp3) is 0. The number of aromatic nitrogens is 2. The van der Waals surface area contributed by atoms with Crippen LogP contribution >= 0.6 is 11.3 Å². The summed E-state index contributed by atoms with van der Waals surface area (Å²) in [6, 6.07) is 16.0. The standard InChI is InChI=1S/C19H13N3O3S/c20-19(24)25-13-7-8-14-15(10-13)22-18(21-14)12-5-3-11(4-6-12)17(23)16-2-1-9-26-16/h1-10H,(H2,20,24)(H,21,22). The molecule has 4 rings (SSSR count). The van der Waals surface area contributed by atoms with Crippen LogP contribution in [0.3, 0.4) is 0 Å². The Balaban J connectivity index is 1.63. The zero-order valence-electron chi connectivity index (χ0n) is 13.4. The van der Waals surface area contributed by atoms with Crippen molar-refractivity contribution in [3.05, 3.63) is 70.4 Å². The number of hydrogen-bond acceptors (Lipinski definition) is 5. The first-order chi connectivity index (χ1) is 12.6. The summed E-state index contributed by atoms with van der Waals surface area (Å²) >= 11 is 1.42. The summed E-state index contributed by atoms with van der Waals surface area (Å²) in [4.78, 5) is 31.6. The Morgan fingerprint density at radius 1 is 1.08 bits per heavy atom. The molecule has 3 N–H and O–H groups in total. The van der Waals surface area contributed by atoms with Crippen LogP contribution in [0.2, 0.25) is 0 Å². The van der Waals surface area contributed by atoms with Crippen molar-refractivity contribution in [3.63, 3.8) is 0 Å². The van der Waals surface area contributed by atoms with Gasteiger partial charge in [0.25, 0.3) is 0 Å². The number of nitrogens with one attached hydrogen (secondary N) is 1. The van der Waals surface area contributed by atoms with Gasteiger partial charge in [-0.25, -0.2) is 9.78 Å². The lowest BCUT2D eigenvalue weighted by molar-refractivity contribution is 0.104. The first-order valence-electron chi connectivity index (χ1n) is 7.76. The van der Waals surface area contributed by atoms with Gasteiger partial charge in [-0.1, -0.05) is 30.3 Å². The van der Waals surface area contributed by atoms with Gasteiger partial charge < -0.3 is 15.5 Å². The average molecular weight is 363 g/mol. The minimum atomic E-state index is -0.869. The van der Waals surface area contributed by atoms with Crippen LogP contribution in [0.15, 0.2) is 60.0 Å². The maximum Gasteiger partial charge on any atom is 0.409 e. The molecule has 0 aliphatic heterocycles. The summed E-state index contributed by atoms with van der Waals surface area (Å²) in [5, 5.41) is 1.88. The minimum absolute atomic E-state index is 0.00407. The number of carbonyl (C=O) groups is 2. The van der Waals surface area contributed by atoms with Gasteiger partial charge in [-0.2, -0.15) is 0 Å². The van der Waals surface area contributed by atoms with Crippen molar-refractivity contribution in [2.24, 2.45) is 5.73 Å². The van der Waals surface area contributed by atoms with Crippen molar-refractivity contribution in [3.8, 4) is 17.1 Å². The second-order valence-electron chi connectivity index (χ2n) is 5.57. The van der Waals surface area contributed by atoms with Gasteiger partial charge in [-0.15, -0.1) is 11.3 Å². The number of hydrogen-bond donors (Lipinski definition) is 2. The molecule has 2 aromatic carbocycles. The van der Waals surface area contributed by atoms with E-state index in [1.165, 1.54) is 11.3 Å². The number of thiophene rings is 1. The van der Waals surface area contributed by atoms with E-state index in [4.69, 9.17) is 10.5 Å². The van der Waals surface area contributed by atoms with Gasteiger partial charge in [-0.3, -0.25) is 4.79 Å². The molecular weight excluding hydrogens is 350 g/mol. The van der Waals surface area contributed by atoms with Gasteiger partial charge in [-0.05, 0) is 23.6 Å². The van der Waals surface area contributed by atoms with Gasteiger partial charge in [0.2, 0.25) is 5.78 Å². The van der Waals surface area contributed by atoms with Crippen LogP contribution in [0.25, 0.3) is 22.4 Å². The maximum absolute atomic E-state index is 12.4. The number of primary amides is 1. The molecule has 2 heterocycles. The number of H-pyrrole nitrogens is 1. The normalized spacial score (nSPS) is 10.8. The summed E-state index contributed by atoms with van der Waals surface area (Å²) in [6.07, 6.45) is -0.869. The molecule has 128 valence electrons. The lowest BCUT2D eigenvalue weighted by Crippen LogP contribution is -2.16. The zero-order valence-corrected chi connectivity index (χ0v) is 14.2. The van der Waals surface area contributed by atoms with Gasteiger partial charge in [0.1, 0.15) is 11.6 Å². The molecule has 0 spiro atoms. The maximum atomic E-state index is 12.4. The van der Waals surface area contributed by atoms with E-state index in [1.807, 2.05) is 29.6 Å². The van der Waals surface area contributed by atoms with E-state index < -0.39 is 6.09 Å². The first-order valence-corrected chi connectivity index (χ1v) is 8.64. The van der Waals surface area contributed by atoms with Crippen LogP contribution in [0.5, 0.6) is 5.75 Å². The van der Waals surface area contributed by atoms with Crippen molar-refractivity contribution in [2.45, 2.75) is 0 Å². The molecule has 0 atom stereocenters. The number of ether oxygens (including phenoxy) is 1. The van der Waals surface area contributed by atoms with Crippen molar-refractivity contribution in [2.75, 3.05) is 0 Å². The number of nitrogens with zero attached hydrogens (tertiary/aromatic N) is 1. The third-order valence-electron chi connectivity index (χ3n) is 3.84. The number of fused-ring (bicyclic) bond motifs is 1. The molecule has 4 aromatic rings. The summed E-state index contributed by atoms with van der Waals surface area (Å²) in [6.45, 7) is 0. The lowest BCUT2D eigenvalue weighted by Gasteiger charge is -2.00. The molecule has 2 aromatic heterocycles. The Bertz CT molecular complexity index is 1100. The van der Waals surface area contributed by atoms with E-state index in [2.05, 4.69) is 9.97 Å². The minimum Gasteiger partial charge on any atom is -0.410 e. The van der Waals surface area contributed by atoms with E-state index in [0.717, 1.165) is 11.1 Å². The second-order valence-corrected chi connectivity index (χ2v) is 6.52. The van der Waals surface area contributed by atoms with Gasteiger partial charge in [0.05, 0.1) is 15.9 Å². The molecule has 0 aliphatic carbocycles. The number of ketones is 1. The van der Waals surface area contributed by atoms with Crippen molar-refractivity contribution >= 4 is 34.2 Å². The fourth-order valence-electron chi connectivity index (χ4n) is 2.63. The highest BCUT2D eigenvalue weighted by molar-refractivity contribution is 7.12. The Hall–Kier alpha value is -3.45. The zero-order chi connectivity index (χ0) is 18.1. The second kappa shape index (κ2) is 6.45. The van der Waals surface area contributed by atoms with E-state index in [9.17, 15) is 9.59 Å². The number of aromatic amines is 1. The Morgan fingerprint density at radius 2 is 1.88 bits per heavy atom. The molecule has 7 heteroatoms. The Morgan fingerprint density at radius 3 is 2.58 bits per heavy atom. The summed E-state index contributed by atoms with van der Waals surface area (Å²) < 4.78 is 4.86. The molecule has 0 bridgehead atoms. The van der Waals surface area contributed by atoms with Crippen molar-refractivity contribution < 1.29 is 14.3 Å². The van der Waals surface area contributed by atoms with E-state index in [-0.39, 0.29) is 5.78 Å². The van der Waals surface area contributed by atoms with E-state index in [1.54, 1.807) is 30.3 Å². The quantitative estimate of drug-likeness (QED) is 0.536. The van der Waals surface area contributed by atoms with E-state index in [0.29, 0.717) is 27.5 Å². The number of rotatable bonds is 4. The predicted molar refractivity (Wildman–Crippen MR) is 99.5 cm³/mol. The molecule has 6 nitrogen and oxygen atoms in total. The average Bonchev–Trinajstić information content (AvgIpc) is 3.30. The van der Waals surface area contributed by atoms with Crippen LogP contribution in [-0.2, 0) is 0 Å².